The van der Waals surface area contributed by atoms with E-state index in [4.69, 9.17) is 11.6 Å². The van der Waals surface area contributed by atoms with Crippen LogP contribution in [0.3, 0.4) is 0 Å². The first-order valence-electron chi connectivity index (χ1n) is 12.0. The zero-order valence-corrected chi connectivity index (χ0v) is 19.6. The van der Waals surface area contributed by atoms with Gasteiger partial charge in [0, 0.05) is 55.5 Å². The highest BCUT2D eigenvalue weighted by atomic mass is 35.5. The summed E-state index contributed by atoms with van der Waals surface area (Å²) in [5.41, 5.74) is 3.26. The fraction of sp³-hybridized carbons (Fsp3) is 0.462. The van der Waals surface area contributed by atoms with Crippen LogP contribution in [-0.2, 0) is 4.79 Å². The molecule has 0 bridgehead atoms. The van der Waals surface area contributed by atoms with Crippen molar-refractivity contribution < 1.29 is 9.59 Å². The molecule has 5 rings (SSSR count). The molecule has 0 spiro atoms. The van der Waals surface area contributed by atoms with Crippen molar-refractivity contribution >= 4 is 34.9 Å². The number of carbonyl (C=O) groups excluding carboxylic acids is 2. The molecule has 0 radical (unpaired) electrons. The first kappa shape index (κ1) is 22.1. The lowest BCUT2D eigenvalue weighted by Gasteiger charge is -2.32. The van der Waals surface area contributed by atoms with E-state index in [9.17, 15) is 9.59 Å². The zero-order chi connectivity index (χ0) is 22.8. The minimum absolute atomic E-state index is 0.0360. The van der Waals surface area contributed by atoms with Crippen molar-refractivity contribution in [3.63, 3.8) is 0 Å². The minimum Gasteiger partial charge on any atom is -0.369 e. The van der Waals surface area contributed by atoms with Crippen molar-refractivity contribution in [3.8, 4) is 0 Å². The minimum atomic E-state index is -0.0360. The van der Waals surface area contributed by atoms with Crippen LogP contribution in [-0.4, -0.2) is 60.5 Å². The predicted molar refractivity (Wildman–Crippen MR) is 132 cm³/mol. The van der Waals surface area contributed by atoms with E-state index >= 15 is 0 Å². The third kappa shape index (κ3) is 4.96. The van der Waals surface area contributed by atoms with Crippen LogP contribution in [0.2, 0.25) is 5.02 Å². The number of nitrogens with zero attached hydrogens (tertiary/aromatic N) is 3. The van der Waals surface area contributed by atoms with Crippen molar-refractivity contribution in [2.45, 2.75) is 44.1 Å². The molecular formula is C26H31ClN4O2. The Kier molecular flexibility index (Phi) is 6.45. The van der Waals surface area contributed by atoms with E-state index in [1.165, 1.54) is 5.56 Å². The molecule has 0 aromatic heterocycles. The number of nitrogens with one attached hydrogen (secondary N) is 1. The molecule has 33 heavy (non-hydrogen) atoms. The number of amides is 3. The summed E-state index contributed by atoms with van der Waals surface area (Å²) in [7, 11) is 0. The second kappa shape index (κ2) is 9.64. The fourth-order valence-corrected chi connectivity index (χ4v) is 5.52. The van der Waals surface area contributed by atoms with Crippen LogP contribution in [0.1, 0.15) is 43.6 Å². The summed E-state index contributed by atoms with van der Waals surface area (Å²) < 4.78 is 0. The van der Waals surface area contributed by atoms with Gasteiger partial charge in [0.05, 0.1) is 6.04 Å². The van der Waals surface area contributed by atoms with Gasteiger partial charge in [0.2, 0.25) is 5.91 Å². The number of benzene rings is 2. The van der Waals surface area contributed by atoms with Crippen LogP contribution in [0.5, 0.6) is 0 Å². The second-order valence-electron chi connectivity index (χ2n) is 9.37. The van der Waals surface area contributed by atoms with Gasteiger partial charge in [-0.15, -0.1) is 0 Å². The highest BCUT2D eigenvalue weighted by Crippen LogP contribution is 2.30. The topological polar surface area (TPSA) is 55.9 Å². The third-order valence-electron chi connectivity index (χ3n) is 7.32. The number of halogens is 1. The lowest BCUT2D eigenvalue weighted by Crippen LogP contribution is -2.40. The van der Waals surface area contributed by atoms with Crippen molar-refractivity contribution in [2.24, 2.45) is 0 Å². The summed E-state index contributed by atoms with van der Waals surface area (Å²) in [6, 6.07) is 16.4. The van der Waals surface area contributed by atoms with Crippen LogP contribution in [0.15, 0.2) is 48.5 Å². The molecular weight excluding hydrogens is 436 g/mol. The second-order valence-corrected chi connectivity index (χ2v) is 9.81. The van der Waals surface area contributed by atoms with E-state index in [1.54, 1.807) is 0 Å². The maximum Gasteiger partial charge on any atom is 0.321 e. The van der Waals surface area contributed by atoms with Gasteiger partial charge in [-0.3, -0.25) is 4.79 Å². The summed E-state index contributed by atoms with van der Waals surface area (Å²) in [5.74, 6) is 0.780. The van der Waals surface area contributed by atoms with E-state index in [0.717, 1.165) is 74.8 Å². The number of hydrogen-bond donors (Lipinski definition) is 1. The largest absolute Gasteiger partial charge is 0.369 e. The molecule has 1 unspecified atom stereocenters. The number of urea groups is 1. The van der Waals surface area contributed by atoms with Crippen molar-refractivity contribution in [1.82, 2.24) is 9.80 Å². The number of rotatable bonds is 4. The van der Waals surface area contributed by atoms with Crippen LogP contribution in [0, 0.1) is 0 Å². The highest BCUT2D eigenvalue weighted by molar-refractivity contribution is 6.30. The lowest BCUT2D eigenvalue weighted by atomic mass is 9.89. The molecule has 2 aromatic carbocycles. The Labute approximate surface area is 200 Å². The van der Waals surface area contributed by atoms with E-state index in [1.807, 2.05) is 29.2 Å². The standard InChI is InChI=1S/C26H31ClN4O2/c27-21-5-3-19(4-6-21)20-11-15-29(16-12-20)26(33)28-22-7-9-23(10-8-22)30-17-13-24(18-30)31-14-1-2-25(31)32/h3-10,20,24H,1-2,11-18H2,(H,28,33). The zero-order valence-electron chi connectivity index (χ0n) is 18.9. The van der Waals surface area contributed by atoms with Crippen LogP contribution in [0.4, 0.5) is 16.2 Å². The number of carbonyl (C=O) groups is 2. The molecule has 6 nitrogen and oxygen atoms in total. The molecule has 3 fully saturated rings. The molecule has 0 saturated carbocycles. The predicted octanol–water partition coefficient (Wildman–Crippen LogP) is 4.95. The summed E-state index contributed by atoms with van der Waals surface area (Å²) in [5, 5.41) is 3.81. The van der Waals surface area contributed by atoms with Crippen molar-refractivity contribution in [3.05, 3.63) is 59.1 Å². The highest BCUT2D eigenvalue weighted by Gasteiger charge is 2.33. The van der Waals surface area contributed by atoms with E-state index in [0.29, 0.717) is 24.3 Å². The van der Waals surface area contributed by atoms with Gasteiger partial charge < -0.3 is 20.0 Å². The molecule has 3 heterocycles. The molecule has 2 aromatic rings. The van der Waals surface area contributed by atoms with Gasteiger partial charge in [-0.05, 0) is 73.6 Å². The van der Waals surface area contributed by atoms with E-state index in [-0.39, 0.29) is 6.03 Å². The van der Waals surface area contributed by atoms with Gasteiger partial charge in [0.25, 0.3) is 0 Å². The Morgan fingerprint density at radius 3 is 2.30 bits per heavy atom. The molecule has 3 amide bonds. The van der Waals surface area contributed by atoms with Gasteiger partial charge >= 0.3 is 6.03 Å². The monoisotopic (exact) mass is 466 g/mol. The van der Waals surface area contributed by atoms with Gasteiger partial charge in [0.1, 0.15) is 0 Å². The van der Waals surface area contributed by atoms with Crippen molar-refractivity contribution in [2.75, 3.05) is 42.9 Å². The lowest BCUT2D eigenvalue weighted by molar-refractivity contribution is -0.129. The van der Waals surface area contributed by atoms with E-state index < -0.39 is 0 Å². The van der Waals surface area contributed by atoms with Gasteiger partial charge in [0.15, 0.2) is 0 Å². The number of likely N-dealkylation sites (tertiary alicyclic amines) is 2. The molecule has 1 N–H and O–H groups in total. The molecule has 3 aliphatic heterocycles. The SMILES string of the molecule is O=C(Nc1ccc(N2CCC(N3CCCC3=O)C2)cc1)N1CCC(c2ccc(Cl)cc2)CC1. The fourth-order valence-electron chi connectivity index (χ4n) is 5.39. The Hall–Kier alpha value is -2.73. The summed E-state index contributed by atoms with van der Waals surface area (Å²) in [6.07, 6.45) is 4.63. The maximum absolute atomic E-state index is 12.8. The Bertz CT molecular complexity index is 986. The molecule has 0 aliphatic carbocycles. The Balaban J connectivity index is 1.11. The Morgan fingerprint density at radius 2 is 1.64 bits per heavy atom. The smallest absolute Gasteiger partial charge is 0.321 e. The molecule has 3 aliphatic rings. The average Bonchev–Trinajstić information content (AvgIpc) is 3.49. The van der Waals surface area contributed by atoms with Crippen LogP contribution in [0.25, 0.3) is 0 Å². The number of anilines is 2. The normalized spacial score (nSPS) is 21.7. The molecule has 1 atom stereocenters. The number of hydrogen-bond acceptors (Lipinski definition) is 3. The van der Waals surface area contributed by atoms with Crippen LogP contribution >= 0.6 is 11.6 Å². The van der Waals surface area contributed by atoms with Crippen molar-refractivity contribution in [1.29, 1.82) is 0 Å². The summed E-state index contributed by atoms with van der Waals surface area (Å²) >= 11 is 6.00. The first-order valence-corrected chi connectivity index (χ1v) is 12.4. The quantitative estimate of drug-likeness (QED) is 0.693. The third-order valence-corrected chi connectivity index (χ3v) is 7.57. The Morgan fingerprint density at radius 1 is 0.909 bits per heavy atom. The number of piperidine rings is 1. The molecule has 174 valence electrons. The summed E-state index contributed by atoms with van der Waals surface area (Å²) in [6.45, 7) is 4.26. The van der Waals surface area contributed by atoms with Crippen LogP contribution < -0.4 is 10.2 Å². The summed E-state index contributed by atoms with van der Waals surface area (Å²) in [4.78, 5) is 31.1. The van der Waals surface area contributed by atoms with Gasteiger partial charge in [-0.1, -0.05) is 23.7 Å². The average molecular weight is 467 g/mol. The first-order chi connectivity index (χ1) is 16.1. The van der Waals surface area contributed by atoms with E-state index in [2.05, 4.69) is 39.4 Å². The van der Waals surface area contributed by atoms with Gasteiger partial charge in [-0.2, -0.15) is 0 Å². The maximum atomic E-state index is 12.8. The molecule has 7 heteroatoms. The van der Waals surface area contributed by atoms with Gasteiger partial charge in [-0.25, -0.2) is 4.79 Å². The molecule has 3 saturated heterocycles.